The van der Waals surface area contributed by atoms with Crippen molar-refractivity contribution in [2.75, 3.05) is 0 Å². The van der Waals surface area contributed by atoms with Gasteiger partial charge < -0.3 is 5.11 Å². The molecule has 86 valence electrons. The molecule has 0 fully saturated rings. The molecule has 0 amide bonds. The van der Waals surface area contributed by atoms with Gasteiger partial charge in [0.1, 0.15) is 0 Å². The second kappa shape index (κ2) is 5.02. The molecular formula is C14H11ClO2. The monoisotopic (exact) mass is 246 g/mol. The third kappa shape index (κ3) is 2.86. The highest BCUT2D eigenvalue weighted by Gasteiger charge is 2.09. The van der Waals surface area contributed by atoms with Gasteiger partial charge in [-0.15, -0.1) is 0 Å². The van der Waals surface area contributed by atoms with Crippen molar-refractivity contribution in [3.63, 3.8) is 0 Å². The predicted molar refractivity (Wildman–Crippen MR) is 67.7 cm³/mol. The summed E-state index contributed by atoms with van der Waals surface area (Å²) in [6, 6.07) is 14.4. The lowest BCUT2D eigenvalue weighted by Crippen LogP contribution is -2.02. The van der Waals surface area contributed by atoms with Crippen LogP contribution in [0.4, 0.5) is 0 Å². The quantitative estimate of drug-likeness (QED) is 0.898. The predicted octanol–water partition coefficient (Wildman–Crippen LogP) is 3.63. The van der Waals surface area contributed by atoms with Crippen molar-refractivity contribution >= 4 is 17.6 Å². The fraction of sp³-hybridized carbons (Fsp3) is 0.0714. The minimum absolute atomic E-state index is 0.340. The number of rotatable bonds is 3. The molecular weight excluding hydrogens is 236 g/mol. The number of hydrogen-bond acceptors (Lipinski definition) is 1. The van der Waals surface area contributed by atoms with E-state index in [1.807, 2.05) is 30.3 Å². The first kappa shape index (κ1) is 11.7. The number of halogens is 1. The number of carboxylic acids is 1. The molecule has 0 aromatic heterocycles. The van der Waals surface area contributed by atoms with Crippen molar-refractivity contribution in [2.24, 2.45) is 0 Å². The van der Waals surface area contributed by atoms with Gasteiger partial charge in [-0.05, 0) is 35.7 Å². The molecule has 0 spiro atoms. The molecule has 0 radical (unpaired) electrons. The first-order valence-corrected chi connectivity index (χ1v) is 5.60. The van der Waals surface area contributed by atoms with Crippen LogP contribution in [-0.4, -0.2) is 11.1 Å². The summed E-state index contributed by atoms with van der Waals surface area (Å²) in [5, 5.41) is 9.73. The van der Waals surface area contributed by atoms with E-state index >= 15 is 0 Å². The fourth-order valence-corrected chi connectivity index (χ4v) is 1.96. The molecule has 17 heavy (non-hydrogen) atoms. The Hall–Kier alpha value is -1.80. The van der Waals surface area contributed by atoms with Crippen LogP contribution in [0.5, 0.6) is 0 Å². The van der Waals surface area contributed by atoms with E-state index in [9.17, 15) is 4.79 Å². The molecule has 2 rings (SSSR count). The molecule has 0 aliphatic carbocycles. The van der Waals surface area contributed by atoms with Crippen molar-refractivity contribution in [3.05, 3.63) is 70.2 Å². The van der Waals surface area contributed by atoms with Crippen LogP contribution in [0.3, 0.4) is 0 Å². The minimum atomic E-state index is -0.900. The number of hydrogen-bond donors (Lipinski definition) is 1. The summed E-state index contributed by atoms with van der Waals surface area (Å²) in [5.41, 5.74) is 2.14. The smallest absolute Gasteiger partial charge is 0.335 e. The Labute approximate surface area is 104 Å². The van der Waals surface area contributed by atoms with E-state index in [-0.39, 0.29) is 0 Å². The number of aromatic carboxylic acids is 1. The molecule has 0 aliphatic heterocycles. The third-order valence-corrected chi connectivity index (χ3v) is 2.77. The fourth-order valence-electron chi connectivity index (χ4n) is 1.75. The van der Waals surface area contributed by atoms with Crippen molar-refractivity contribution in [1.29, 1.82) is 0 Å². The van der Waals surface area contributed by atoms with Crippen LogP contribution in [0.25, 0.3) is 0 Å². The third-order valence-electron chi connectivity index (χ3n) is 2.53. The summed E-state index contributed by atoms with van der Waals surface area (Å²) < 4.78 is 0. The summed E-state index contributed by atoms with van der Waals surface area (Å²) >= 11 is 5.90. The Kier molecular flexibility index (Phi) is 3.45. The van der Waals surface area contributed by atoms with Crippen LogP contribution in [0.2, 0.25) is 5.02 Å². The second-order valence-electron chi connectivity index (χ2n) is 3.77. The molecule has 0 atom stereocenters. The topological polar surface area (TPSA) is 37.3 Å². The van der Waals surface area contributed by atoms with Crippen LogP contribution < -0.4 is 0 Å². The zero-order valence-corrected chi connectivity index (χ0v) is 9.82. The molecule has 0 aliphatic rings. The van der Waals surface area contributed by atoms with Gasteiger partial charge in [0.2, 0.25) is 0 Å². The van der Waals surface area contributed by atoms with Crippen molar-refractivity contribution < 1.29 is 9.90 Å². The van der Waals surface area contributed by atoms with Crippen LogP contribution in [-0.2, 0) is 6.42 Å². The van der Waals surface area contributed by atoms with Gasteiger partial charge >= 0.3 is 5.97 Å². The van der Waals surface area contributed by atoms with Gasteiger partial charge in [-0.1, -0.05) is 41.9 Å². The summed E-state index contributed by atoms with van der Waals surface area (Å²) in [6.45, 7) is 0. The maximum absolute atomic E-state index is 11.1. The molecule has 3 heteroatoms. The maximum atomic E-state index is 11.1. The van der Waals surface area contributed by atoms with Gasteiger partial charge in [0, 0.05) is 5.02 Å². The van der Waals surface area contributed by atoms with Crippen molar-refractivity contribution in [2.45, 2.75) is 6.42 Å². The molecule has 0 saturated carbocycles. The van der Waals surface area contributed by atoms with E-state index in [1.165, 1.54) is 0 Å². The highest BCUT2D eigenvalue weighted by atomic mass is 35.5. The lowest BCUT2D eigenvalue weighted by atomic mass is 10.00. The van der Waals surface area contributed by atoms with E-state index in [4.69, 9.17) is 16.7 Å². The van der Waals surface area contributed by atoms with Gasteiger partial charge in [-0.2, -0.15) is 0 Å². The Morgan fingerprint density at radius 2 is 1.88 bits per heavy atom. The molecule has 2 nitrogen and oxygen atoms in total. The van der Waals surface area contributed by atoms with Crippen LogP contribution in [0.1, 0.15) is 21.5 Å². The zero-order valence-electron chi connectivity index (χ0n) is 9.06. The lowest BCUT2D eigenvalue weighted by molar-refractivity contribution is 0.0696. The number of carbonyl (C=O) groups is 1. The highest BCUT2D eigenvalue weighted by molar-refractivity contribution is 6.30. The largest absolute Gasteiger partial charge is 0.478 e. The SMILES string of the molecule is O=C(O)c1ccccc1Cc1cccc(Cl)c1. The van der Waals surface area contributed by atoms with Gasteiger partial charge in [-0.3, -0.25) is 0 Å². The molecule has 1 N–H and O–H groups in total. The summed E-state index contributed by atoms with van der Waals surface area (Å²) in [6.07, 6.45) is 0.572. The summed E-state index contributed by atoms with van der Waals surface area (Å²) in [5.74, 6) is -0.900. The maximum Gasteiger partial charge on any atom is 0.335 e. The van der Waals surface area contributed by atoms with Crippen molar-refractivity contribution in [1.82, 2.24) is 0 Å². The standard InChI is InChI=1S/C14H11ClO2/c15-12-6-3-4-10(9-12)8-11-5-1-2-7-13(11)14(16)17/h1-7,9H,8H2,(H,16,17). The van der Waals surface area contributed by atoms with Crippen LogP contribution in [0, 0.1) is 0 Å². The Balaban J connectivity index is 2.33. The zero-order chi connectivity index (χ0) is 12.3. The van der Waals surface area contributed by atoms with Gasteiger partial charge in [0.25, 0.3) is 0 Å². The van der Waals surface area contributed by atoms with Crippen LogP contribution in [0.15, 0.2) is 48.5 Å². The van der Waals surface area contributed by atoms with E-state index in [1.54, 1.807) is 18.2 Å². The normalized spacial score (nSPS) is 10.2. The molecule has 2 aromatic carbocycles. The van der Waals surface area contributed by atoms with E-state index in [0.717, 1.165) is 11.1 Å². The molecule has 0 bridgehead atoms. The molecule has 0 unspecified atom stereocenters. The van der Waals surface area contributed by atoms with E-state index < -0.39 is 5.97 Å². The Morgan fingerprint density at radius 3 is 2.59 bits per heavy atom. The average molecular weight is 247 g/mol. The van der Waals surface area contributed by atoms with Gasteiger partial charge in [0.15, 0.2) is 0 Å². The van der Waals surface area contributed by atoms with Crippen molar-refractivity contribution in [3.8, 4) is 0 Å². The molecule has 0 saturated heterocycles. The number of benzene rings is 2. The highest BCUT2D eigenvalue weighted by Crippen LogP contribution is 2.17. The minimum Gasteiger partial charge on any atom is -0.478 e. The van der Waals surface area contributed by atoms with Crippen LogP contribution >= 0.6 is 11.6 Å². The molecule has 2 aromatic rings. The lowest BCUT2D eigenvalue weighted by Gasteiger charge is -2.06. The van der Waals surface area contributed by atoms with Gasteiger partial charge in [0.05, 0.1) is 5.56 Å². The first-order chi connectivity index (χ1) is 8.16. The van der Waals surface area contributed by atoms with Gasteiger partial charge in [-0.25, -0.2) is 4.79 Å². The summed E-state index contributed by atoms with van der Waals surface area (Å²) in [4.78, 5) is 11.1. The number of carboxylic acid groups (broad SMARTS) is 1. The average Bonchev–Trinajstić information content (AvgIpc) is 2.29. The second-order valence-corrected chi connectivity index (χ2v) is 4.21. The first-order valence-electron chi connectivity index (χ1n) is 5.22. The molecule has 0 heterocycles. The Bertz CT molecular complexity index is 549. The Morgan fingerprint density at radius 1 is 1.12 bits per heavy atom. The van der Waals surface area contributed by atoms with E-state index in [2.05, 4.69) is 0 Å². The van der Waals surface area contributed by atoms with E-state index in [0.29, 0.717) is 17.0 Å². The summed E-state index contributed by atoms with van der Waals surface area (Å²) in [7, 11) is 0.